The fraction of sp³-hybridized carbons (Fsp3) is 0.241. The third-order valence-electron chi connectivity index (χ3n) is 6.61. The minimum absolute atomic E-state index is 0.169. The minimum Gasteiger partial charge on any atom is -0.274 e. The van der Waals surface area contributed by atoms with Gasteiger partial charge >= 0.3 is 0 Å². The summed E-state index contributed by atoms with van der Waals surface area (Å²) in [6.07, 6.45) is 12.3. The van der Waals surface area contributed by atoms with E-state index < -0.39 is 0 Å². The normalized spacial score (nSPS) is 13.0. The molecule has 0 N–H and O–H groups in total. The van der Waals surface area contributed by atoms with E-state index >= 15 is 0 Å². The molecule has 0 radical (unpaired) electrons. The number of unbranched alkanes of at least 4 members (excludes halogenated alkanes) is 3. The standard InChI is InChI=1S/C29H29N3O2/c1-30-18-12-22(13-19-30)23-14-20-31(21-15-23)16-4-2-3-5-17-32-28(33)25-10-6-8-24-9-7-11-26(27(24)25)29(32)34/h6-15,18-21H,2-5,16-17H2,1H3/q+2. The molecule has 4 aromatic rings. The van der Waals surface area contributed by atoms with Crippen LogP contribution in [0.2, 0.25) is 0 Å². The highest BCUT2D eigenvalue weighted by Crippen LogP contribution is 2.30. The molecule has 5 heteroatoms. The maximum Gasteiger partial charge on any atom is 0.261 e. The molecule has 0 saturated carbocycles. The van der Waals surface area contributed by atoms with Gasteiger partial charge in [0.25, 0.3) is 11.8 Å². The molecule has 170 valence electrons. The van der Waals surface area contributed by atoms with Crippen molar-refractivity contribution >= 4 is 22.6 Å². The van der Waals surface area contributed by atoms with Gasteiger partial charge in [-0.1, -0.05) is 30.7 Å². The van der Waals surface area contributed by atoms with Crippen LogP contribution < -0.4 is 9.13 Å². The Labute approximate surface area is 199 Å². The van der Waals surface area contributed by atoms with Crippen molar-refractivity contribution < 1.29 is 18.7 Å². The number of carbonyl (C=O) groups excluding carboxylic acids is 2. The van der Waals surface area contributed by atoms with Gasteiger partial charge in [-0.15, -0.1) is 0 Å². The Morgan fingerprint density at radius 2 is 1.24 bits per heavy atom. The second-order valence-corrected chi connectivity index (χ2v) is 8.96. The molecule has 0 bridgehead atoms. The highest BCUT2D eigenvalue weighted by molar-refractivity contribution is 6.25. The van der Waals surface area contributed by atoms with Crippen molar-refractivity contribution in [2.24, 2.45) is 7.05 Å². The Morgan fingerprint density at radius 1 is 0.676 bits per heavy atom. The Morgan fingerprint density at radius 3 is 1.85 bits per heavy atom. The van der Waals surface area contributed by atoms with Crippen molar-refractivity contribution in [3.8, 4) is 11.1 Å². The second-order valence-electron chi connectivity index (χ2n) is 8.96. The van der Waals surface area contributed by atoms with Gasteiger partial charge in [0.05, 0.1) is 0 Å². The topological polar surface area (TPSA) is 45.1 Å². The number of carbonyl (C=O) groups is 2. The molecule has 0 unspecified atom stereocenters. The van der Waals surface area contributed by atoms with E-state index in [-0.39, 0.29) is 11.8 Å². The highest BCUT2D eigenvalue weighted by atomic mass is 16.2. The predicted molar refractivity (Wildman–Crippen MR) is 131 cm³/mol. The molecule has 0 spiro atoms. The molecule has 0 saturated heterocycles. The number of amides is 2. The first-order chi connectivity index (χ1) is 16.6. The average molecular weight is 452 g/mol. The molecule has 0 fully saturated rings. The molecule has 1 aliphatic heterocycles. The van der Waals surface area contributed by atoms with Crippen molar-refractivity contribution in [3.05, 3.63) is 96.6 Å². The van der Waals surface area contributed by atoms with Crippen molar-refractivity contribution in [3.63, 3.8) is 0 Å². The van der Waals surface area contributed by atoms with Crippen molar-refractivity contribution in [1.29, 1.82) is 0 Å². The summed E-state index contributed by atoms with van der Waals surface area (Å²) in [5.41, 5.74) is 3.70. The highest BCUT2D eigenvalue weighted by Gasteiger charge is 2.31. The molecule has 2 amide bonds. The molecule has 0 aliphatic carbocycles. The van der Waals surface area contributed by atoms with Crippen LogP contribution in [0.3, 0.4) is 0 Å². The summed E-state index contributed by atoms with van der Waals surface area (Å²) in [6, 6.07) is 19.9. The van der Waals surface area contributed by atoms with Gasteiger partial charge in [0.2, 0.25) is 0 Å². The number of hydrogen-bond acceptors (Lipinski definition) is 2. The van der Waals surface area contributed by atoms with Crippen LogP contribution in [-0.4, -0.2) is 23.3 Å². The van der Waals surface area contributed by atoms with Gasteiger partial charge in [0.1, 0.15) is 13.6 Å². The molecular formula is C29H29N3O2+2. The summed E-state index contributed by atoms with van der Waals surface area (Å²) in [5, 5.41) is 1.74. The monoisotopic (exact) mass is 451 g/mol. The van der Waals surface area contributed by atoms with E-state index in [0.29, 0.717) is 17.7 Å². The third-order valence-corrected chi connectivity index (χ3v) is 6.61. The van der Waals surface area contributed by atoms with E-state index in [0.717, 1.165) is 43.0 Å². The predicted octanol–water partition coefficient (Wildman–Crippen LogP) is 4.48. The Balaban J connectivity index is 1.10. The minimum atomic E-state index is -0.169. The second kappa shape index (κ2) is 9.56. The number of rotatable bonds is 8. The summed E-state index contributed by atoms with van der Waals surface area (Å²) in [4.78, 5) is 27.4. The maximum atomic E-state index is 13.0. The van der Waals surface area contributed by atoms with Crippen molar-refractivity contribution in [2.45, 2.75) is 32.2 Å². The molecule has 1 aliphatic rings. The van der Waals surface area contributed by atoms with E-state index in [1.165, 1.54) is 16.0 Å². The summed E-state index contributed by atoms with van der Waals surface area (Å²) in [7, 11) is 2.02. The van der Waals surface area contributed by atoms with Gasteiger partial charge in [-0.3, -0.25) is 14.5 Å². The van der Waals surface area contributed by atoms with Crippen LogP contribution in [0.25, 0.3) is 21.9 Å². The van der Waals surface area contributed by atoms with E-state index in [2.05, 4.69) is 53.6 Å². The number of benzene rings is 2. The van der Waals surface area contributed by atoms with Gasteiger partial charge in [-0.25, -0.2) is 9.13 Å². The summed E-state index contributed by atoms with van der Waals surface area (Å²) in [6.45, 7) is 1.43. The number of aromatic nitrogens is 2. The van der Waals surface area contributed by atoms with Crippen LogP contribution in [0, 0.1) is 0 Å². The molecule has 2 aromatic heterocycles. The molecule has 3 heterocycles. The first kappa shape index (κ1) is 22.0. The Bertz CT molecular complexity index is 1290. The lowest BCUT2D eigenvalue weighted by molar-refractivity contribution is -0.697. The fourth-order valence-corrected chi connectivity index (χ4v) is 4.69. The third kappa shape index (κ3) is 4.34. The Hall–Kier alpha value is -3.86. The molecule has 2 aromatic carbocycles. The lowest BCUT2D eigenvalue weighted by Gasteiger charge is -2.27. The summed E-state index contributed by atoms with van der Waals surface area (Å²) in [5.74, 6) is -0.339. The summed E-state index contributed by atoms with van der Waals surface area (Å²) >= 11 is 0. The number of hydrogen-bond donors (Lipinski definition) is 0. The van der Waals surface area contributed by atoms with Crippen molar-refractivity contribution in [2.75, 3.05) is 6.54 Å². The zero-order chi connectivity index (χ0) is 23.5. The first-order valence-electron chi connectivity index (χ1n) is 11.9. The smallest absolute Gasteiger partial charge is 0.261 e. The molecule has 5 rings (SSSR count). The average Bonchev–Trinajstić information content (AvgIpc) is 2.87. The lowest BCUT2D eigenvalue weighted by atomic mass is 9.94. The summed E-state index contributed by atoms with van der Waals surface area (Å²) < 4.78 is 4.24. The fourth-order valence-electron chi connectivity index (χ4n) is 4.69. The number of aryl methyl sites for hydroxylation is 2. The largest absolute Gasteiger partial charge is 0.274 e. The van der Waals surface area contributed by atoms with Crippen LogP contribution in [0.4, 0.5) is 0 Å². The van der Waals surface area contributed by atoms with Gasteiger partial charge in [0, 0.05) is 53.7 Å². The quantitative estimate of drug-likeness (QED) is 0.225. The van der Waals surface area contributed by atoms with Crippen LogP contribution in [0.1, 0.15) is 46.4 Å². The van der Waals surface area contributed by atoms with Crippen LogP contribution >= 0.6 is 0 Å². The SMILES string of the molecule is C[n+]1ccc(-c2cc[n+](CCCCCCN3C(=O)c4cccc5cccc(c45)C3=O)cc2)cc1. The van der Waals surface area contributed by atoms with Gasteiger partial charge in [-0.05, 0) is 41.5 Å². The maximum absolute atomic E-state index is 13.0. The van der Waals surface area contributed by atoms with Gasteiger partial charge in [-0.2, -0.15) is 0 Å². The number of nitrogens with zero attached hydrogens (tertiary/aromatic N) is 3. The number of imide groups is 1. The zero-order valence-electron chi connectivity index (χ0n) is 19.5. The van der Waals surface area contributed by atoms with Crippen molar-refractivity contribution in [1.82, 2.24) is 4.90 Å². The van der Waals surface area contributed by atoms with Gasteiger partial charge in [0.15, 0.2) is 24.8 Å². The first-order valence-corrected chi connectivity index (χ1v) is 11.9. The van der Waals surface area contributed by atoms with E-state index in [9.17, 15) is 9.59 Å². The van der Waals surface area contributed by atoms with E-state index in [4.69, 9.17) is 0 Å². The molecular weight excluding hydrogens is 422 g/mol. The molecule has 5 nitrogen and oxygen atoms in total. The van der Waals surface area contributed by atoms with E-state index in [1.807, 2.05) is 48.0 Å². The van der Waals surface area contributed by atoms with Crippen LogP contribution in [0.15, 0.2) is 85.5 Å². The van der Waals surface area contributed by atoms with Crippen LogP contribution in [0.5, 0.6) is 0 Å². The number of pyridine rings is 2. The molecule has 0 atom stereocenters. The van der Waals surface area contributed by atoms with Gasteiger partial charge < -0.3 is 0 Å². The molecule has 34 heavy (non-hydrogen) atoms. The Kier molecular flexibility index (Phi) is 6.17. The van der Waals surface area contributed by atoms with Crippen LogP contribution in [-0.2, 0) is 13.6 Å². The lowest BCUT2D eigenvalue weighted by Crippen LogP contribution is -2.40. The zero-order valence-corrected chi connectivity index (χ0v) is 19.5. The van der Waals surface area contributed by atoms with E-state index in [1.54, 1.807) is 0 Å².